The maximum atomic E-state index is 9.46. The van der Waals surface area contributed by atoms with Gasteiger partial charge in [-0.3, -0.25) is 4.57 Å². The van der Waals surface area contributed by atoms with Gasteiger partial charge in [-0.2, -0.15) is 0 Å². The van der Waals surface area contributed by atoms with Crippen LogP contribution in [0.3, 0.4) is 0 Å². The summed E-state index contributed by atoms with van der Waals surface area (Å²) >= 11 is 0. The fourth-order valence-electron chi connectivity index (χ4n) is 3.86. The van der Waals surface area contributed by atoms with Crippen LogP contribution in [0.25, 0.3) is 39.5 Å². The van der Waals surface area contributed by atoms with Crippen molar-refractivity contribution in [3.63, 3.8) is 0 Å². The Morgan fingerprint density at radius 3 is 2.53 bits per heavy atom. The molecule has 0 amide bonds. The van der Waals surface area contributed by atoms with E-state index in [4.69, 9.17) is 20.4 Å². The summed E-state index contributed by atoms with van der Waals surface area (Å²) in [5.41, 5.74) is 11.7. The van der Waals surface area contributed by atoms with E-state index >= 15 is 0 Å². The molecule has 0 atom stereocenters. The van der Waals surface area contributed by atoms with E-state index < -0.39 is 0 Å². The molecule has 4 heterocycles. The van der Waals surface area contributed by atoms with Gasteiger partial charge in [-0.25, -0.2) is 19.9 Å². The Hall–Kier alpha value is -4.30. The zero-order valence-corrected chi connectivity index (χ0v) is 18.3. The second kappa shape index (κ2) is 8.24. The van der Waals surface area contributed by atoms with E-state index in [0.29, 0.717) is 29.3 Å². The molecule has 1 aromatic carbocycles. The van der Waals surface area contributed by atoms with E-state index in [1.807, 2.05) is 65.2 Å². The second-order valence-corrected chi connectivity index (χ2v) is 8.27. The third kappa shape index (κ3) is 3.74. The van der Waals surface area contributed by atoms with Gasteiger partial charge in [0.15, 0.2) is 11.5 Å². The third-order valence-electron chi connectivity index (χ3n) is 5.80. The van der Waals surface area contributed by atoms with Gasteiger partial charge in [0.2, 0.25) is 5.88 Å². The molecule has 6 rings (SSSR count). The molecule has 168 valence electrons. The Morgan fingerprint density at radius 1 is 0.971 bits per heavy atom. The Kier molecular flexibility index (Phi) is 4.92. The molecule has 0 bridgehead atoms. The van der Waals surface area contributed by atoms with E-state index in [0.717, 1.165) is 46.4 Å². The quantitative estimate of drug-likeness (QED) is 0.399. The summed E-state index contributed by atoms with van der Waals surface area (Å²) in [6.07, 6.45) is 5.92. The van der Waals surface area contributed by atoms with Crippen molar-refractivity contribution in [3.8, 4) is 34.2 Å². The number of benzene rings is 1. The highest BCUT2D eigenvalue weighted by molar-refractivity contribution is 5.84. The van der Waals surface area contributed by atoms with Crippen LogP contribution in [-0.4, -0.2) is 35.7 Å². The first-order valence-electron chi connectivity index (χ1n) is 11.1. The van der Waals surface area contributed by atoms with E-state index in [-0.39, 0.29) is 6.61 Å². The molecule has 5 aromatic rings. The molecule has 0 aliphatic heterocycles. The number of aliphatic hydroxyl groups excluding tert-OH is 1. The van der Waals surface area contributed by atoms with Gasteiger partial charge in [0.1, 0.15) is 17.4 Å². The first kappa shape index (κ1) is 20.3. The fraction of sp³-hybridized carbons (Fsp3) is 0.154. The lowest BCUT2D eigenvalue weighted by atomic mass is 10.2. The van der Waals surface area contributed by atoms with Crippen LogP contribution in [0.4, 0.5) is 5.82 Å². The topological polar surface area (TPSA) is 112 Å². The molecule has 1 aliphatic rings. The van der Waals surface area contributed by atoms with Crippen LogP contribution in [0.15, 0.2) is 73.1 Å². The molecule has 8 nitrogen and oxygen atoms in total. The van der Waals surface area contributed by atoms with Crippen LogP contribution < -0.4 is 10.5 Å². The minimum absolute atomic E-state index is 0.0246. The minimum atomic E-state index is -0.0246. The summed E-state index contributed by atoms with van der Waals surface area (Å²) in [4.78, 5) is 18.5. The van der Waals surface area contributed by atoms with E-state index in [1.54, 1.807) is 12.4 Å². The average Bonchev–Trinajstić information content (AvgIpc) is 3.61. The number of aliphatic hydroxyl groups is 1. The van der Waals surface area contributed by atoms with Crippen molar-refractivity contribution in [2.24, 2.45) is 0 Å². The molecular formula is C26H22N6O2. The SMILES string of the molecule is Nc1ncccc1-c1nc2ccc(-c3ccc(OC4CC4)nc3)nc2n1-c1ccc(CO)cc1. The molecule has 0 unspecified atom stereocenters. The first-order valence-corrected chi connectivity index (χ1v) is 11.1. The molecule has 4 aromatic heterocycles. The summed E-state index contributed by atoms with van der Waals surface area (Å²) in [7, 11) is 0. The normalized spacial score (nSPS) is 13.3. The molecule has 0 spiro atoms. The molecule has 34 heavy (non-hydrogen) atoms. The molecule has 0 saturated heterocycles. The van der Waals surface area contributed by atoms with Gasteiger partial charge in [0, 0.05) is 29.7 Å². The van der Waals surface area contributed by atoms with Crippen LogP contribution >= 0.6 is 0 Å². The molecular weight excluding hydrogens is 428 g/mol. The lowest BCUT2D eigenvalue weighted by molar-refractivity contribution is 0.282. The molecule has 1 aliphatic carbocycles. The predicted octanol–water partition coefficient (Wildman–Crippen LogP) is 4.16. The maximum Gasteiger partial charge on any atom is 0.213 e. The van der Waals surface area contributed by atoms with Crippen molar-refractivity contribution < 1.29 is 9.84 Å². The molecule has 1 saturated carbocycles. The minimum Gasteiger partial charge on any atom is -0.474 e. The van der Waals surface area contributed by atoms with Crippen LogP contribution in [0.1, 0.15) is 18.4 Å². The third-order valence-corrected chi connectivity index (χ3v) is 5.80. The molecule has 1 fully saturated rings. The standard InChI is InChI=1S/C26H22N6O2/c27-24-20(2-1-13-28-24)25-31-22-11-10-21(17-5-12-23(29-14-17)34-19-8-9-19)30-26(22)32(25)18-6-3-16(15-33)4-7-18/h1-7,10-14,19,33H,8-9,15H2,(H2,27,28). The van der Waals surface area contributed by atoms with Crippen molar-refractivity contribution in [1.82, 2.24) is 24.5 Å². The number of aromatic nitrogens is 5. The molecule has 3 N–H and O–H groups in total. The highest BCUT2D eigenvalue weighted by Crippen LogP contribution is 2.32. The Morgan fingerprint density at radius 2 is 1.82 bits per heavy atom. The Bertz CT molecular complexity index is 1470. The van der Waals surface area contributed by atoms with Gasteiger partial charge < -0.3 is 15.6 Å². The first-order chi connectivity index (χ1) is 16.7. The number of hydrogen-bond donors (Lipinski definition) is 2. The number of nitrogens with zero attached hydrogens (tertiary/aromatic N) is 5. The lowest BCUT2D eigenvalue weighted by Gasteiger charge is -2.11. The number of imidazole rings is 1. The summed E-state index contributed by atoms with van der Waals surface area (Å²) in [5, 5.41) is 9.46. The zero-order chi connectivity index (χ0) is 23.1. The zero-order valence-electron chi connectivity index (χ0n) is 18.3. The summed E-state index contributed by atoms with van der Waals surface area (Å²) < 4.78 is 7.73. The van der Waals surface area contributed by atoms with Gasteiger partial charge in [0.05, 0.1) is 17.9 Å². The van der Waals surface area contributed by atoms with Crippen molar-refractivity contribution >= 4 is 17.0 Å². The second-order valence-electron chi connectivity index (χ2n) is 8.27. The van der Waals surface area contributed by atoms with Gasteiger partial charge in [-0.1, -0.05) is 12.1 Å². The lowest BCUT2D eigenvalue weighted by Crippen LogP contribution is -2.02. The fourth-order valence-corrected chi connectivity index (χ4v) is 3.86. The van der Waals surface area contributed by atoms with Gasteiger partial charge in [0.25, 0.3) is 0 Å². The largest absolute Gasteiger partial charge is 0.474 e. The summed E-state index contributed by atoms with van der Waals surface area (Å²) in [6.45, 7) is -0.0246. The number of nitrogen functional groups attached to an aromatic ring is 1. The van der Waals surface area contributed by atoms with E-state index in [9.17, 15) is 5.11 Å². The van der Waals surface area contributed by atoms with Crippen molar-refractivity contribution in [1.29, 1.82) is 0 Å². The number of nitrogens with two attached hydrogens (primary N) is 1. The van der Waals surface area contributed by atoms with Crippen molar-refractivity contribution in [2.45, 2.75) is 25.6 Å². The summed E-state index contributed by atoms with van der Waals surface area (Å²) in [5.74, 6) is 1.67. The van der Waals surface area contributed by atoms with E-state index in [2.05, 4.69) is 9.97 Å². The maximum absolute atomic E-state index is 9.46. The van der Waals surface area contributed by atoms with Gasteiger partial charge in [-0.05, 0) is 60.9 Å². The summed E-state index contributed by atoms with van der Waals surface area (Å²) in [6, 6.07) is 19.1. The Labute approximate surface area is 195 Å². The number of rotatable bonds is 6. The number of ether oxygens (including phenoxy) is 1. The number of pyridine rings is 3. The smallest absolute Gasteiger partial charge is 0.213 e. The van der Waals surface area contributed by atoms with Crippen LogP contribution in [0, 0.1) is 0 Å². The highest BCUT2D eigenvalue weighted by atomic mass is 16.5. The monoisotopic (exact) mass is 450 g/mol. The number of fused-ring (bicyclic) bond motifs is 1. The number of anilines is 1. The van der Waals surface area contributed by atoms with Crippen molar-refractivity contribution in [3.05, 3.63) is 78.6 Å². The van der Waals surface area contributed by atoms with E-state index in [1.165, 1.54) is 0 Å². The van der Waals surface area contributed by atoms with Crippen LogP contribution in [0.5, 0.6) is 5.88 Å². The van der Waals surface area contributed by atoms with Gasteiger partial charge in [-0.15, -0.1) is 0 Å². The molecule has 8 heteroatoms. The Balaban J connectivity index is 1.50. The van der Waals surface area contributed by atoms with Gasteiger partial charge >= 0.3 is 0 Å². The number of hydrogen-bond acceptors (Lipinski definition) is 7. The van der Waals surface area contributed by atoms with Crippen LogP contribution in [0.2, 0.25) is 0 Å². The average molecular weight is 451 g/mol. The van der Waals surface area contributed by atoms with Crippen LogP contribution in [-0.2, 0) is 6.61 Å². The van der Waals surface area contributed by atoms with Crippen molar-refractivity contribution in [2.75, 3.05) is 5.73 Å². The highest BCUT2D eigenvalue weighted by Gasteiger charge is 2.24. The molecule has 0 radical (unpaired) electrons. The predicted molar refractivity (Wildman–Crippen MR) is 129 cm³/mol.